The molecule has 0 radical (unpaired) electrons. The molecule has 0 bridgehead atoms. The Morgan fingerprint density at radius 1 is 0.323 bits per heavy atom. The molecule has 0 aromatic carbocycles. The van der Waals surface area contributed by atoms with Gasteiger partial charge >= 0.3 is 0 Å². The van der Waals surface area contributed by atoms with E-state index in [4.69, 9.17) is 0 Å². The fourth-order valence-corrected chi connectivity index (χ4v) is 4.76. The highest BCUT2D eigenvalue weighted by Crippen LogP contribution is 2.16. The molecule has 1 N–H and O–H groups in total. The summed E-state index contributed by atoms with van der Waals surface area (Å²) in [4.78, 5) is 0. The zero-order chi connectivity index (χ0) is 22.7. The SMILES string of the molecule is CCCCCCCCCCCCCCCCCCC(O)CCCCCCCCCCC. The van der Waals surface area contributed by atoms with E-state index in [1.807, 2.05) is 0 Å². The zero-order valence-corrected chi connectivity index (χ0v) is 22.1. The van der Waals surface area contributed by atoms with Crippen LogP contribution in [0.3, 0.4) is 0 Å². The molecule has 0 fully saturated rings. The molecule has 31 heavy (non-hydrogen) atoms. The molecule has 0 aliphatic rings. The predicted molar refractivity (Wildman–Crippen MR) is 142 cm³/mol. The van der Waals surface area contributed by atoms with Crippen molar-refractivity contribution in [2.45, 2.75) is 193 Å². The van der Waals surface area contributed by atoms with Gasteiger partial charge in [0.2, 0.25) is 0 Å². The number of hydrogen-bond donors (Lipinski definition) is 1. The second-order valence-corrected chi connectivity index (χ2v) is 10.4. The van der Waals surface area contributed by atoms with E-state index in [0.717, 1.165) is 12.8 Å². The lowest BCUT2D eigenvalue weighted by atomic mass is 10.0. The fourth-order valence-electron chi connectivity index (χ4n) is 4.76. The predicted octanol–water partition coefficient (Wildman–Crippen LogP) is 10.9. The van der Waals surface area contributed by atoms with Gasteiger partial charge in [0.25, 0.3) is 0 Å². The molecule has 1 atom stereocenters. The molecule has 1 nitrogen and oxygen atoms in total. The van der Waals surface area contributed by atoms with Gasteiger partial charge in [-0.15, -0.1) is 0 Å². The van der Waals surface area contributed by atoms with Crippen LogP contribution in [0.2, 0.25) is 0 Å². The lowest BCUT2D eigenvalue weighted by Gasteiger charge is -2.10. The normalized spacial score (nSPS) is 12.5. The van der Waals surface area contributed by atoms with Crippen molar-refractivity contribution in [2.75, 3.05) is 0 Å². The highest BCUT2D eigenvalue weighted by molar-refractivity contribution is 4.58. The Morgan fingerprint density at radius 3 is 0.742 bits per heavy atom. The van der Waals surface area contributed by atoms with Gasteiger partial charge in [-0.2, -0.15) is 0 Å². The Hall–Kier alpha value is -0.0400. The smallest absolute Gasteiger partial charge is 0.0540 e. The zero-order valence-electron chi connectivity index (χ0n) is 22.1. The minimum Gasteiger partial charge on any atom is -0.393 e. The molecule has 0 saturated carbocycles. The number of unbranched alkanes of at least 4 members (excludes halogenated alkanes) is 23. The summed E-state index contributed by atoms with van der Waals surface area (Å²) in [5.41, 5.74) is 0. The molecular weight excluding hydrogens is 376 g/mol. The average molecular weight is 439 g/mol. The first-order valence-electron chi connectivity index (χ1n) is 15.0. The van der Waals surface area contributed by atoms with E-state index in [0.29, 0.717) is 0 Å². The lowest BCUT2D eigenvalue weighted by molar-refractivity contribution is 0.147. The van der Waals surface area contributed by atoms with Crippen LogP contribution >= 0.6 is 0 Å². The van der Waals surface area contributed by atoms with E-state index < -0.39 is 0 Å². The van der Waals surface area contributed by atoms with Crippen molar-refractivity contribution in [3.63, 3.8) is 0 Å². The van der Waals surface area contributed by atoms with E-state index in [1.54, 1.807) is 0 Å². The van der Waals surface area contributed by atoms with Crippen molar-refractivity contribution < 1.29 is 5.11 Å². The summed E-state index contributed by atoms with van der Waals surface area (Å²) in [6.07, 6.45) is 37.1. The quantitative estimate of drug-likeness (QED) is 0.126. The van der Waals surface area contributed by atoms with E-state index in [9.17, 15) is 5.11 Å². The molecule has 188 valence electrons. The number of aliphatic hydroxyl groups is 1. The molecule has 1 heteroatoms. The van der Waals surface area contributed by atoms with Crippen molar-refractivity contribution >= 4 is 0 Å². The Kier molecular flexibility index (Phi) is 28.0. The highest BCUT2D eigenvalue weighted by Gasteiger charge is 2.03. The number of rotatable bonds is 27. The van der Waals surface area contributed by atoms with Gasteiger partial charge in [0.1, 0.15) is 0 Å². The highest BCUT2D eigenvalue weighted by atomic mass is 16.3. The van der Waals surface area contributed by atoms with E-state index in [-0.39, 0.29) is 6.10 Å². The minimum absolute atomic E-state index is 0.0313. The molecule has 0 saturated heterocycles. The summed E-state index contributed by atoms with van der Waals surface area (Å²) in [5.74, 6) is 0. The second-order valence-electron chi connectivity index (χ2n) is 10.4. The third kappa shape index (κ3) is 27.9. The third-order valence-electron chi connectivity index (χ3n) is 7.03. The maximum absolute atomic E-state index is 10.2. The van der Waals surface area contributed by atoms with E-state index >= 15 is 0 Å². The van der Waals surface area contributed by atoms with Crippen molar-refractivity contribution in [1.29, 1.82) is 0 Å². The Labute approximate surface area is 198 Å². The fraction of sp³-hybridized carbons (Fsp3) is 1.00. The van der Waals surface area contributed by atoms with Crippen LogP contribution < -0.4 is 0 Å². The van der Waals surface area contributed by atoms with Gasteiger partial charge in [0.15, 0.2) is 0 Å². The molecule has 0 rings (SSSR count). The maximum Gasteiger partial charge on any atom is 0.0540 e. The molecular formula is C30H62O. The Balaban J connectivity index is 3.11. The van der Waals surface area contributed by atoms with Crippen LogP contribution in [0.15, 0.2) is 0 Å². The largest absolute Gasteiger partial charge is 0.393 e. The van der Waals surface area contributed by atoms with Crippen LogP contribution in [0.25, 0.3) is 0 Å². The van der Waals surface area contributed by atoms with Gasteiger partial charge in [-0.25, -0.2) is 0 Å². The van der Waals surface area contributed by atoms with Crippen LogP contribution in [-0.4, -0.2) is 11.2 Å². The van der Waals surface area contributed by atoms with Crippen LogP contribution in [0.4, 0.5) is 0 Å². The second kappa shape index (κ2) is 28.0. The summed E-state index contributed by atoms with van der Waals surface area (Å²) < 4.78 is 0. The van der Waals surface area contributed by atoms with Crippen LogP contribution in [-0.2, 0) is 0 Å². The summed E-state index contributed by atoms with van der Waals surface area (Å²) in [5, 5.41) is 10.2. The first-order valence-corrected chi connectivity index (χ1v) is 15.0. The summed E-state index contributed by atoms with van der Waals surface area (Å²) in [6.45, 7) is 4.58. The summed E-state index contributed by atoms with van der Waals surface area (Å²) in [7, 11) is 0. The molecule has 0 aliphatic heterocycles. The molecule has 0 aliphatic carbocycles. The van der Waals surface area contributed by atoms with Gasteiger partial charge in [0.05, 0.1) is 6.10 Å². The van der Waals surface area contributed by atoms with Crippen molar-refractivity contribution in [2.24, 2.45) is 0 Å². The van der Waals surface area contributed by atoms with E-state index in [2.05, 4.69) is 13.8 Å². The van der Waals surface area contributed by atoms with Crippen LogP contribution in [0.1, 0.15) is 187 Å². The first kappa shape index (κ1) is 31.0. The standard InChI is InChI=1S/C30H62O/c1-3-5-7-9-11-13-14-15-16-17-18-19-21-23-25-27-29-30(31)28-26-24-22-20-12-10-8-6-4-2/h30-31H,3-29H2,1-2H3. The topological polar surface area (TPSA) is 20.2 Å². The third-order valence-corrected chi connectivity index (χ3v) is 7.03. The van der Waals surface area contributed by atoms with Gasteiger partial charge in [-0.05, 0) is 12.8 Å². The van der Waals surface area contributed by atoms with Gasteiger partial charge < -0.3 is 5.11 Å². The Bertz CT molecular complexity index is 301. The molecule has 0 aromatic rings. The van der Waals surface area contributed by atoms with Crippen LogP contribution in [0.5, 0.6) is 0 Å². The monoisotopic (exact) mass is 438 g/mol. The Morgan fingerprint density at radius 2 is 0.516 bits per heavy atom. The maximum atomic E-state index is 10.2. The molecule has 1 unspecified atom stereocenters. The summed E-state index contributed by atoms with van der Waals surface area (Å²) in [6, 6.07) is 0. The average Bonchev–Trinajstić information content (AvgIpc) is 2.77. The molecule has 0 amide bonds. The summed E-state index contributed by atoms with van der Waals surface area (Å²) >= 11 is 0. The van der Waals surface area contributed by atoms with Gasteiger partial charge in [0, 0.05) is 0 Å². The lowest BCUT2D eigenvalue weighted by Crippen LogP contribution is -2.05. The molecule has 0 heterocycles. The minimum atomic E-state index is -0.0313. The number of aliphatic hydroxyl groups excluding tert-OH is 1. The van der Waals surface area contributed by atoms with Gasteiger partial charge in [-0.3, -0.25) is 0 Å². The van der Waals surface area contributed by atoms with Crippen LogP contribution in [0, 0.1) is 0 Å². The first-order chi connectivity index (χ1) is 15.3. The molecule has 0 aromatic heterocycles. The van der Waals surface area contributed by atoms with Crippen molar-refractivity contribution in [1.82, 2.24) is 0 Å². The van der Waals surface area contributed by atoms with E-state index in [1.165, 1.54) is 161 Å². The van der Waals surface area contributed by atoms with Crippen molar-refractivity contribution in [3.05, 3.63) is 0 Å². The molecule has 0 spiro atoms. The van der Waals surface area contributed by atoms with Crippen molar-refractivity contribution in [3.8, 4) is 0 Å². The van der Waals surface area contributed by atoms with Gasteiger partial charge in [-0.1, -0.05) is 174 Å². The number of hydrogen-bond acceptors (Lipinski definition) is 1.